The molecule has 4 rings (SSSR count). The van der Waals surface area contributed by atoms with Gasteiger partial charge in [0.2, 0.25) is 0 Å². The lowest BCUT2D eigenvalue weighted by molar-refractivity contribution is -0.157. The Balaban J connectivity index is 1.28. The summed E-state index contributed by atoms with van der Waals surface area (Å²) in [6.07, 6.45) is 6.43. The Kier molecular flexibility index (Phi) is 5.24. The first-order valence-electron chi connectivity index (χ1n) is 10.5. The Hall–Kier alpha value is -2.55. The van der Waals surface area contributed by atoms with Crippen molar-refractivity contribution < 1.29 is 14.3 Å². The highest BCUT2D eigenvalue weighted by atomic mass is 16.6. The molecular formula is C26H30O3. The van der Waals surface area contributed by atoms with Crippen LogP contribution in [0.2, 0.25) is 0 Å². The average molecular weight is 391 g/mol. The monoisotopic (exact) mass is 390 g/mol. The van der Waals surface area contributed by atoms with Crippen LogP contribution in [0.15, 0.2) is 66.7 Å². The van der Waals surface area contributed by atoms with Crippen LogP contribution in [0.4, 0.5) is 0 Å². The third kappa shape index (κ3) is 3.83. The molecule has 3 unspecified atom stereocenters. The smallest absolute Gasteiger partial charge is 0.312 e. The predicted molar refractivity (Wildman–Crippen MR) is 115 cm³/mol. The Morgan fingerprint density at radius 1 is 1.00 bits per heavy atom. The summed E-state index contributed by atoms with van der Waals surface area (Å²) in [5.41, 5.74) is 2.09. The summed E-state index contributed by atoms with van der Waals surface area (Å²) < 4.78 is 11.3. The SMILES string of the molecule is CC(C)(c1ccccc1)c1ccc(OCCOC(=O)C2(C)CC3C=CC2C3)cc1. The molecule has 29 heavy (non-hydrogen) atoms. The maximum atomic E-state index is 12.5. The van der Waals surface area contributed by atoms with Crippen LogP contribution in [0.5, 0.6) is 5.75 Å². The van der Waals surface area contributed by atoms with Gasteiger partial charge >= 0.3 is 5.97 Å². The second kappa shape index (κ2) is 7.70. The predicted octanol–water partition coefficient (Wildman–Crippen LogP) is 5.54. The third-order valence-electron chi connectivity index (χ3n) is 6.80. The van der Waals surface area contributed by atoms with E-state index < -0.39 is 0 Å². The molecule has 3 atom stereocenters. The zero-order valence-corrected chi connectivity index (χ0v) is 17.6. The molecule has 0 radical (unpaired) electrons. The lowest BCUT2D eigenvalue weighted by Gasteiger charge is -2.28. The van der Waals surface area contributed by atoms with Gasteiger partial charge in [0.05, 0.1) is 5.41 Å². The fourth-order valence-electron chi connectivity index (χ4n) is 4.78. The summed E-state index contributed by atoms with van der Waals surface area (Å²) in [5.74, 6) is 1.59. The van der Waals surface area contributed by atoms with Gasteiger partial charge in [-0.2, -0.15) is 0 Å². The Labute approximate surface area is 173 Å². The number of fused-ring (bicyclic) bond motifs is 2. The van der Waals surface area contributed by atoms with Crippen molar-refractivity contribution in [2.75, 3.05) is 13.2 Å². The molecule has 2 aliphatic carbocycles. The van der Waals surface area contributed by atoms with Crippen LogP contribution in [-0.4, -0.2) is 19.2 Å². The topological polar surface area (TPSA) is 35.5 Å². The van der Waals surface area contributed by atoms with Gasteiger partial charge in [0, 0.05) is 5.41 Å². The van der Waals surface area contributed by atoms with Crippen LogP contribution in [0.3, 0.4) is 0 Å². The number of esters is 1. The highest BCUT2D eigenvalue weighted by Crippen LogP contribution is 2.52. The van der Waals surface area contributed by atoms with Gasteiger partial charge in [0.15, 0.2) is 0 Å². The zero-order valence-electron chi connectivity index (χ0n) is 17.6. The number of ether oxygens (including phenoxy) is 2. The minimum Gasteiger partial charge on any atom is -0.490 e. The zero-order chi connectivity index (χ0) is 20.5. The van der Waals surface area contributed by atoms with Gasteiger partial charge in [-0.3, -0.25) is 4.79 Å². The summed E-state index contributed by atoms with van der Waals surface area (Å²) in [5, 5.41) is 0. The number of hydrogen-bond donors (Lipinski definition) is 0. The largest absolute Gasteiger partial charge is 0.490 e. The highest BCUT2D eigenvalue weighted by Gasteiger charge is 2.50. The van der Waals surface area contributed by atoms with E-state index in [1.54, 1.807) is 0 Å². The van der Waals surface area contributed by atoms with Crippen LogP contribution < -0.4 is 4.74 Å². The van der Waals surface area contributed by atoms with Gasteiger partial charge in [0.25, 0.3) is 0 Å². The quantitative estimate of drug-likeness (QED) is 0.354. The van der Waals surface area contributed by atoms with Gasteiger partial charge in [-0.15, -0.1) is 0 Å². The van der Waals surface area contributed by atoms with E-state index in [2.05, 4.69) is 62.4 Å². The first-order chi connectivity index (χ1) is 13.9. The number of hydrogen-bond acceptors (Lipinski definition) is 3. The van der Waals surface area contributed by atoms with Crippen molar-refractivity contribution in [2.24, 2.45) is 17.3 Å². The van der Waals surface area contributed by atoms with Gasteiger partial charge in [-0.05, 0) is 54.9 Å². The van der Waals surface area contributed by atoms with E-state index in [9.17, 15) is 4.79 Å². The molecule has 0 aliphatic heterocycles. The molecule has 152 valence electrons. The van der Waals surface area contributed by atoms with Gasteiger partial charge in [-0.1, -0.05) is 68.5 Å². The van der Waals surface area contributed by atoms with Crippen molar-refractivity contribution in [3.8, 4) is 5.75 Å². The van der Waals surface area contributed by atoms with Crippen molar-refractivity contribution >= 4 is 5.97 Å². The molecule has 0 amide bonds. The van der Waals surface area contributed by atoms with E-state index in [4.69, 9.17) is 9.47 Å². The first-order valence-corrected chi connectivity index (χ1v) is 10.5. The summed E-state index contributed by atoms with van der Waals surface area (Å²) in [4.78, 5) is 12.5. The van der Waals surface area contributed by atoms with Crippen molar-refractivity contribution in [3.05, 3.63) is 77.9 Å². The molecule has 1 fully saturated rings. The maximum absolute atomic E-state index is 12.5. The molecule has 2 aromatic carbocycles. The standard InChI is InChI=1S/C26H30O3/c1-25(2,20-7-5-4-6-8-20)21-11-13-23(14-12-21)28-15-16-29-24(27)26(3)18-19-9-10-22(26)17-19/h4-14,19,22H,15-18H2,1-3H3. The van der Waals surface area contributed by atoms with Crippen LogP contribution in [0.1, 0.15) is 44.7 Å². The molecule has 3 nitrogen and oxygen atoms in total. The number of carbonyl (C=O) groups excluding carboxylic acids is 1. The molecule has 0 aromatic heterocycles. The minimum atomic E-state index is -0.357. The molecule has 0 spiro atoms. The second-order valence-electron chi connectivity index (χ2n) is 9.11. The molecule has 0 N–H and O–H groups in total. The molecule has 3 heteroatoms. The fraction of sp³-hybridized carbons (Fsp3) is 0.423. The Morgan fingerprint density at radius 2 is 1.69 bits per heavy atom. The molecule has 0 saturated heterocycles. The van der Waals surface area contributed by atoms with E-state index in [0.29, 0.717) is 18.4 Å². The summed E-state index contributed by atoms with van der Waals surface area (Å²) in [6, 6.07) is 18.7. The van der Waals surface area contributed by atoms with E-state index in [1.165, 1.54) is 11.1 Å². The van der Waals surface area contributed by atoms with Gasteiger partial charge < -0.3 is 9.47 Å². The highest BCUT2D eigenvalue weighted by molar-refractivity contribution is 5.78. The fourth-order valence-corrected chi connectivity index (χ4v) is 4.78. The van der Waals surface area contributed by atoms with E-state index >= 15 is 0 Å². The van der Waals surface area contributed by atoms with Crippen LogP contribution in [-0.2, 0) is 14.9 Å². The number of carbonyl (C=O) groups is 1. The van der Waals surface area contributed by atoms with Crippen LogP contribution in [0, 0.1) is 17.3 Å². The normalized spacial score (nSPS) is 25.2. The average Bonchev–Trinajstić information content (AvgIpc) is 3.33. The number of allylic oxidation sites excluding steroid dienone is 2. The van der Waals surface area contributed by atoms with E-state index in [0.717, 1.165) is 18.6 Å². The van der Waals surface area contributed by atoms with Crippen LogP contribution in [0.25, 0.3) is 0 Å². The molecular weight excluding hydrogens is 360 g/mol. The van der Waals surface area contributed by atoms with Gasteiger partial charge in [0.1, 0.15) is 19.0 Å². The second-order valence-corrected chi connectivity index (χ2v) is 9.11. The Bertz CT molecular complexity index is 882. The lowest BCUT2D eigenvalue weighted by Crippen LogP contribution is -2.34. The third-order valence-corrected chi connectivity index (χ3v) is 6.80. The van der Waals surface area contributed by atoms with E-state index in [1.807, 2.05) is 25.1 Å². The minimum absolute atomic E-state index is 0.0696. The van der Waals surface area contributed by atoms with Crippen LogP contribution >= 0.6 is 0 Å². The Morgan fingerprint density at radius 3 is 2.31 bits per heavy atom. The molecule has 2 aliphatic rings. The van der Waals surface area contributed by atoms with Crippen molar-refractivity contribution in [3.63, 3.8) is 0 Å². The lowest BCUT2D eigenvalue weighted by atomic mass is 9.78. The maximum Gasteiger partial charge on any atom is 0.312 e. The van der Waals surface area contributed by atoms with E-state index in [-0.39, 0.29) is 23.4 Å². The summed E-state index contributed by atoms with van der Waals surface area (Å²) in [6.45, 7) is 7.14. The summed E-state index contributed by atoms with van der Waals surface area (Å²) >= 11 is 0. The van der Waals surface area contributed by atoms with Crippen molar-refractivity contribution in [1.82, 2.24) is 0 Å². The van der Waals surface area contributed by atoms with Crippen molar-refractivity contribution in [1.29, 1.82) is 0 Å². The molecule has 0 heterocycles. The molecule has 2 aromatic rings. The molecule has 1 saturated carbocycles. The van der Waals surface area contributed by atoms with Crippen molar-refractivity contribution in [2.45, 2.75) is 39.0 Å². The summed E-state index contributed by atoms with van der Waals surface area (Å²) in [7, 11) is 0. The molecule has 2 bridgehead atoms. The number of benzene rings is 2. The van der Waals surface area contributed by atoms with Gasteiger partial charge in [-0.25, -0.2) is 0 Å². The first kappa shape index (κ1) is 19.8. The number of rotatable bonds is 7.